The highest BCUT2D eigenvalue weighted by Crippen LogP contribution is 2.08. The third-order valence-corrected chi connectivity index (χ3v) is 2.21. The molecular formula is C12H16N2O3. The van der Waals surface area contributed by atoms with Crippen molar-refractivity contribution in [2.75, 3.05) is 12.4 Å². The fourth-order valence-electron chi connectivity index (χ4n) is 1.29. The average molecular weight is 236 g/mol. The number of unbranched alkanes of at least 4 members (excludes halogenated alkanes) is 1. The minimum atomic E-state index is -0.448. The second-order valence-electron chi connectivity index (χ2n) is 3.57. The van der Waals surface area contributed by atoms with Crippen LogP contribution in [-0.2, 0) is 9.53 Å². The molecule has 0 aromatic carbocycles. The maximum Gasteiger partial charge on any atom is 0.338 e. The molecule has 0 saturated heterocycles. The minimum Gasteiger partial charge on any atom is -0.465 e. The number of pyridine rings is 1. The van der Waals surface area contributed by atoms with Gasteiger partial charge in [-0.15, -0.1) is 0 Å². The number of rotatable bonds is 5. The summed E-state index contributed by atoms with van der Waals surface area (Å²) in [6, 6.07) is 3.03. The predicted octanol–water partition coefficient (Wildman–Crippen LogP) is 2.00. The van der Waals surface area contributed by atoms with Crippen molar-refractivity contribution < 1.29 is 14.3 Å². The van der Waals surface area contributed by atoms with E-state index in [9.17, 15) is 9.59 Å². The summed E-state index contributed by atoms with van der Waals surface area (Å²) in [6.07, 6.45) is 3.72. The van der Waals surface area contributed by atoms with Gasteiger partial charge in [-0.2, -0.15) is 0 Å². The van der Waals surface area contributed by atoms with Gasteiger partial charge in [0.15, 0.2) is 0 Å². The van der Waals surface area contributed by atoms with E-state index in [0.29, 0.717) is 17.8 Å². The van der Waals surface area contributed by atoms with Crippen LogP contribution in [0.25, 0.3) is 0 Å². The van der Waals surface area contributed by atoms with Crippen molar-refractivity contribution in [1.82, 2.24) is 4.98 Å². The number of esters is 1. The van der Waals surface area contributed by atoms with Crippen LogP contribution in [0.1, 0.15) is 36.5 Å². The first-order valence-corrected chi connectivity index (χ1v) is 5.51. The van der Waals surface area contributed by atoms with Crippen molar-refractivity contribution in [1.29, 1.82) is 0 Å². The molecular weight excluding hydrogens is 220 g/mol. The number of hydrogen-bond acceptors (Lipinski definition) is 4. The summed E-state index contributed by atoms with van der Waals surface area (Å²) in [7, 11) is 1.31. The van der Waals surface area contributed by atoms with Crippen LogP contribution in [0.15, 0.2) is 18.3 Å². The fraction of sp³-hybridized carbons (Fsp3) is 0.417. The van der Waals surface area contributed by atoms with Crippen molar-refractivity contribution >= 4 is 17.7 Å². The van der Waals surface area contributed by atoms with Gasteiger partial charge in [0, 0.05) is 12.6 Å². The Hall–Kier alpha value is -1.91. The van der Waals surface area contributed by atoms with Crippen molar-refractivity contribution in [3.8, 4) is 0 Å². The summed E-state index contributed by atoms with van der Waals surface area (Å²) in [6.45, 7) is 2.02. The molecule has 5 nitrogen and oxygen atoms in total. The lowest BCUT2D eigenvalue weighted by Crippen LogP contribution is -2.13. The molecule has 0 radical (unpaired) electrons. The Bertz CT molecular complexity index is 404. The van der Waals surface area contributed by atoms with Gasteiger partial charge in [-0.3, -0.25) is 4.79 Å². The molecule has 17 heavy (non-hydrogen) atoms. The van der Waals surface area contributed by atoms with Gasteiger partial charge in [-0.25, -0.2) is 9.78 Å². The Morgan fingerprint density at radius 1 is 1.47 bits per heavy atom. The second-order valence-corrected chi connectivity index (χ2v) is 3.57. The highest BCUT2D eigenvalue weighted by atomic mass is 16.5. The molecule has 0 unspecified atom stereocenters. The smallest absolute Gasteiger partial charge is 0.338 e. The molecule has 1 aromatic rings. The third-order valence-electron chi connectivity index (χ3n) is 2.21. The molecule has 5 heteroatoms. The molecule has 1 amide bonds. The number of nitrogens with one attached hydrogen (secondary N) is 1. The maximum atomic E-state index is 11.5. The zero-order valence-electron chi connectivity index (χ0n) is 10.0. The number of carbonyl (C=O) groups excluding carboxylic acids is 2. The van der Waals surface area contributed by atoms with Crippen LogP contribution in [0, 0.1) is 0 Å². The molecule has 0 aliphatic carbocycles. The molecule has 0 bridgehead atoms. The lowest BCUT2D eigenvalue weighted by atomic mass is 10.2. The Balaban J connectivity index is 2.65. The summed E-state index contributed by atoms with van der Waals surface area (Å²) in [4.78, 5) is 26.7. The lowest BCUT2D eigenvalue weighted by Gasteiger charge is -2.05. The molecule has 0 aliphatic heterocycles. The number of amides is 1. The van der Waals surface area contributed by atoms with Crippen LogP contribution < -0.4 is 5.32 Å². The lowest BCUT2D eigenvalue weighted by molar-refractivity contribution is -0.116. The first-order chi connectivity index (χ1) is 8.17. The Labute approximate surface area is 100 Å². The predicted molar refractivity (Wildman–Crippen MR) is 63.7 cm³/mol. The van der Waals surface area contributed by atoms with E-state index in [-0.39, 0.29) is 5.91 Å². The first kappa shape index (κ1) is 13.2. The molecule has 0 spiro atoms. The second kappa shape index (κ2) is 6.62. The summed E-state index contributed by atoms with van der Waals surface area (Å²) < 4.78 is 4.58. The molecule has 92 valence electrons. The molecule has 1 aromatic heterocycles. The minimum absolute atomic E-state index is 0.0960. The van der Waals surface area contributed by atoms with Crippen LogP contribution in [0.2, 0.25) is 0 Å². The number of carbonyl (C=O) groups is 2. The van der Waals surface area contributed by atoms with Crippen molar-refractivity contribution in [3.63, 3.8) is 0 Å². The molecule has 0 aliphatic rings. The van der Waals surface area contributed by atoms with Crippen molar-refractivity contribution in [2.45, 2.75) is 26.2 Å². The number of ether oxygens (including phenoxy) is 1. The zero-order chi connectivity index (χ0) is 12.7. The topological polar surface area (TPSA) is 68.3 Å². The quantitative estimate of drug-likeness (QED) is 0.794. The standard InChI is InChI=1S/C12H16N2O3/c1-3-4-5-11(15)14-10-8-9(6-7-13-10)12(16)17-2/h6-8H,3-5H2,1-2H3,(H,13,14,15). The van der Waals surface area contributed by atoms with E-state index < -0.39 is 5.97 Å². The zero-order valence-corrected chi connectivity index (χ0v) is 10.0. The highest BCUT2D eigenvalue weighted by Gasteiger charge is 2.08. The van der Waals surface area contributed by atoms with Crippen LogP contribution in [0.5, 0.6) is 0 Å². The number of nitrogens with zero attached hydrogens (tertiary/aromatic N) is 1. The average Bonchev–Trinajstić information content (AvgIpc) is 2.35. The Kier molecular flexibility index (Phi) is 5.13. The van der Waals surface area contributed by atoms with E-state index in [1.807, 2.05) is 6.92 Å². The molecule has 1 N–H and O–H groups in total. The summed E-state index contributed by atoms with van der Waals surface area (Å²) in [5.74, 6) is -0.174. The van der Waals surface area contributed by atoms with E-state index >= 15 is 0 Å². The summed E-state index contributed by atoms with van der Waals surface area (Å²) in [5, 5.41) is 2.64. The molecule has 1 heterocycles. The van der Waals surface area contributed by atoms with E-state index in [1.54, 1.807) is 0 Å². The largest absolute Gasteiger partial charge is 0.465 e. The van der Waals surface area contributed by atoms with Gasteiger partial charge in [0.05, 0.1) is 12.7 Å². The Morgan fingerprint density at radius 2 is 2.24 bits per heavy atom. The SMILES string of the molecule is CCCCC(=O)Nc1cc(C(=O)OC)ccn1. The van der Waals surface area contributed by atoms with E-state index in [0.717, 1.165) is 12.8 Å². The van der Waals surface area contributed by atoms with Gasteiger partial charge in [0.25, 0.3) is 0 Å². The van der Waals surface area contributed by atoms with E-state index in [2.05, 4.69) is 15.0 Å². The fourth-order valence-corrected chi connectivity index (χ4v) is 1.29. The van der Waals surface area contributed by atoms with Crippen LogP contribution in [0.3, 0.4) is 0 Å². The monoisotopic (exact) mass is 236 g/mol. The normalized spacial score (nSPS) is 9.76. The number of methoxy groups -OCH3 is 1. The van der Waals surface area contributed by atoms with Gasteiger partial charge in [0.1, 0.15) is 5.82 Å². The first-order valence-electron chi connectivity index (χ1n) is 5.51. The number of aromatic nitrogens is 1. The van der Waals surface area contributed by atoms with Gasteiger partial charge in [-0.05, 0) is 18.6 Å². The van der Waals surface area contributed by atoms with Crippen molar-refractivity contribution in [3.05, 3.63) is 23.9 Å². The number of anilines is 1. The number of hydrogen-bond donors (Lipinski definition) is 1. The summed E-state index contributed by atoms with van der Waals surface area (Å²) in [5.41, 5.74) is 0.369. The molecule has 1 rings (SSSR count). The van der Waals surface area contributed by atoms with Crippen LogP contribution in [0.4, 0.5) is 5.82 Å². The molecule has 0 fully saturated rings. The van der Waals surface area contributed by atoms with Gasteiger partial charge < -0.3 is 10.1 Å². The van der Waals surface area contributed by atoms with Gasteiger partial charge >= 0.3 is 5.97 Å². The molecule has 0 atom stereocenters. The van der Waals surface area contributed by atoms with Gasteiger partial charge in [-0.1, -0.05) is 13.3 Å². The van der Waals surface area contributed by atoms with Crippen molar-refractivity contribution in [2.24, 2.45) is 0 Å². The van der Waals surface area contributed by atoms with E-state index in [1.165, 1.54) is 25.4 Å². The Morgan fingerprint density at radius 3 is 2.88 bits per heavy atom. The van der Waals surface area contributed by atoms with Crippen LogP contribution >= 0.6 is 0 Å². The third kappa shape index (κ3) is 4.22. The van der Waals surface area contributed by atoms with Crippen LogP contribution in [-0.4, -0.2) is 24.0 Å². The molecule has 0 saturated carbocycles. The van der Waals surface area contributed by atoms with E-state index in [4.69, 9.17) is 0 Å². The maximum absolute atomic E-state index is 11.5. The highest BCUT2D eigenvalue weighted by molar-refractivity contribution is 5.93. The summed E-state index contributed by atoms with van der Waals surface area (Å²) >= 11 is 0. The van der Waals surface area contributed by atoms with Gasteiger partial charge in [0.2, 0.25) is 5.91 Å².